The van der Waals surface area contributed by atoms with E-state index in [1.54, 1.807) is 22.2 Å². The maximum atomic E-state index is 12.9. The lowest BCUT2D eigenvalue weighted by Crippen LogP contribution is -2.42. The van der Waals surface area contributed by atoms with Crippen molar-refractivity contribution < 1.29 is 4.79 Å². The molecule has 3 aromatic heterocycles. The highest BCUT2D eigenvalue weighted by Crippen LogP contribution is 2.29. The topological polar surface area (TPSA) is 68.8 Å². The van der Waals surface area contributed by atoms with Crippen molar-refractivity contribution in [3.63, 3.8) is 0 Å². The molecule has 1 aliphatic heterocycles. The van der Waals surface area contributed by atoms with Crippen LogP contribution in [0.15, 0.2) is 41.7 Å². The summed E-state index contributed by atoms with van der Waals surface area (Å²) in [6, 6.07) is 1.66. The number of rotatable bonds is 6. The normalized spacial score (nSPS) is 16.6. The van der Waals surface area contributed by atoms with E-state index < -0.39 is 0 Å². The molecule has 0 aromatic carbocycles. The summed E-state index contributed by atoms with van der Waals surface area (Å²) in [6.45, 7) is 4.33. The largest absolute Gasteiger partial charge is 0.341 e. The van der Waals surface area contributed by atoms with E-state index in [0.29, 0.717) is 5.92 Å². The molecule has 0 saturated carbocycles. The van der Waals surface area contributed by atoms with Crippen molar-refractivity contribution >= 4 is 17.2 Å². The van der Waals surface area contributed by atoms with Gasteiger partial charge in [-0.3, -0.25) is 9.48 Å². The molecule has 7 nitrogen and oxygen atoms in total. The molecular weight excluding hydrogens is 360 g/mol. The summed E-state index contributed by atoms with van der Waals surface area (Å²) < 4.78 is 3.96. The lowest BCUT2D eigenvalue weighted by atomic mass is 9.95. The Hall–Kier alpha value is -2.48. The minimum absolute atomic E-state index is 0.172. The van der Waals surface area contributed by atoms with Crippen LogP contribution in [0.4, 0.5) is 0 Å². The second kappa shape index (κ2) is 8.04. The maximum Gasteiger partial charge on any atom is 0.247 e. The first kappa shape index (κ1) is 17.9. The third-order valence-electron chi connectivity index (χ3n) is 5.25. The van der Waals surface area contributed by atoms with E-state index in [-0.39, 0.29) is 11.9 Å². The van der Waals surface area contributed by atoms with Gasteiger partial charge in [0.2, 0.25) is 5.91 Å². The molecular formula is C19H24N6OS. The minimum Gasteiger partial charge on any atom is -0.341 e. The predicted octanol–water partition coefficient (Wildman–Crippen LogP) is 2.94. The molecule has 142 valence electrons. The summed E-state index contributed by atoms with van der Waals surface area (Å²) in [5.41, 5.74) is 2.93. The SMILES string of the molecule is CC[C@H](C(=O)N1CCC(c2nccn2Cc2cscn2)CC1)n1cccn1. The Kier molecular flexibility index (Phi) is 5.33. The van der Waals surface area contributed by atoms with Crippen LogP contribution in [-0.2, 0) is 11.3 Å². The second-order valence-corrected chi connectivity index (χ2v) is 7.62. The zero-order chi connectivity index (χ0) is 18.6. The van der Waals surface area contributed by atoms with Gasteiger partial charge in [0.15, 0.2) is 0 Å². The van der Waals surface area contributed by atoms with E-state index in [0.717, 1.165) is 50.4 Å². The van der Waals surface area contributed by atoms with Crippen LogP contribution in [0, 0.1) is 0 Å². The van der Waals surface area contributed by atoms with Crippen molar-refractivity contribution in [3.05, 3.63) is 53.3 Å². The number of hydrogen-bond acceptors (Lipinski definition) is 5. The number of thiazole rings is 1. The molecule has 8 heteroatoms. The molecule has 4 heterocycles. The lowest BCUT2D eigenvalue weighted by Gasteiger charge is -2.34. The zero-order valence-corrected chi connectivity index (χ0v) is 16.3. The lowest BCUT2D eigenvalue weighted by molar-refractivity contribution is -0.136. The van der Waals surface area contributed by atoms with Crippen molar-refractivity contribution in [1.29, 1.82) is 0 Å². The number of amides is 1. The van der Waals surface area contributed by atoms with Gasteiger partial charge in [-0.1, -0.05) is 6.92 Å². The van der Waals surface area contributed by atoms with Gasteiger partial charge < -0.3 is 9.47 Å². The van der Waals surface area contributed by atoms with Crippen molar-refractivity contribution in [2.45, 2.75) is 44.7 Å². The van der Waals surface area contributed by atoms with E-state index in [2.05, 4.69) is 25.0 Å². The van der Waals surface area contributed by atoms with Crippen LogP contribution < -0.4 is 0 Å². The fourth-order valence-electron chi connectivity index (χ4n) is 3.81. The van der Waals surface area contributed by atoms with E-state index in [4.69, 9.17) is 0 Å². The second-order valence-electron chi connectivity index (χ2n) is 6.90. The Balaban J connectivity index is 1.39. The number of carbonyl (C=O) groups excluding carboxylic acids is 1. The Morgan fingerprint density at radius 2 is 2.11 bits per heavy atom. The predicted molar refractivity (Wildman–Crippen MR) is 104 cm³/mol. The summed E-state index contributed by atoms with van der Waals surface area (Å²) in [4.78, 5) is 23.9. The molecule has 1 atom stereocenters. The molecule has 0 spiro atoms. The molecule has 0 N–H and O–H groups in total. The van der Waals surface area contributed by atoms with Gasteiger partial charge in [0, 0.05) is 49.2 Å². The Labute approximate surface area is 162 Å². The van der Waals surface area contributed by atoms with Crippen LogP contribution in [-0.4, -0.2) is 48.2 Å². The van der Waals surface area contributed by atoms with Gasteiger partial charge in [-0.2, -0.15) is 5.10 Å². The van der Waals surface area contributed by atoms with Gasteiger partial charge >= 0.3 is 0 Å². The van der Waals surface area contributed by atoms with E-state index in [9.17, 15) is 4.79 Å². The van der Waals surface area contributed by atoms with Crippen molar-refractivity contribution in [3.8, 4) is 0 Å². The molecule has 1 amide bonds. The van der Waals surface area contributed by atoms with Crippen LogP contribution >= 0.6 is 11.3 Å². The molecule has 1 aliphatic rings. The number of nitrogens with zero attached hydrogens (tertiary/aromatic N) is 6. The molecule has 0 unspecified atom stereocenters. The standard InChI is InChI=1S/C19H24N6OS/c1-2-17(25-8-3-6-22-25)19(26)23-9-4-15(5-10-23)18-20-7-11-24(18)12-16-13-27-14-21-16/h3,6-8,11,13-15,17H,2,4-5,9-10,12H2,1H3/t17-/m1/s1. The van der Waals surface area contributed by atoms with Crippen molar-refractivity contribution in [2.24, 2.45) is 0 Å². The Morgan fingerprint density at radius 1 is 1.26 bits per heavy atom. The molecule has 1 fully saturated rings. The number of piperidine rings is 1. The number of carbonyl (C=O) groups is 1. The van der Waals surface area contributed by atoms with E-state index >= 15 is 0 Å². The van der Waals surface area contributed by atoms with Gasteiger partial charge in [0.1, 0.15) is 11.9 Å². The van der Waals surface area contributed by atoms with Crippen LogP contribution in [0.3, 0.4) is 0 Å². The fraction of sp³-hybridized carbons (Fsp3) is 0.474. The highest BCUT2D eigenvalue weighted by atomic mass is 32.1. The zero-order valence-electron chi connectivity index (χ0n) is 15.4. The third-order valence-corrected chi connectivity index (χ3v) is 5.89. The molecule has 27 heavy (non-hydrogen) atoms. The molecule has 3 aromatic rings. The average molecular weight is 385 g/mol. The summed E-state index contributed by atoms with van der Waals surface area (Å²) >= 11 is 1.61. The number of likely N-dealkylation sites (tertiary alicyclic amines) is 1. The first-order valence-corrected chi connectivity index (χ1v) is 10.4. The molecule has 1 saturated heterocycles. The monoisotopic (exact) mass is 384 g/mol. The van der Waals surface area contributed by atoms with Crippen LogP contribution in [0.25, 0.3) is 0 Å². The van der Waals surface area contributed by atoms with Crippen LogP contribution in [0.5, 0.6) is 0 Å². The maximum absolute atomic E-state index is 12.9. The minimum atomic E-state index is -0.205. The molecule has 0 bridgehead atoms. The summed E-state index contributed by atoms with van der Waals surface area (Å²) in [6.07, 6.45) is 10.1. The Morgan fingerprint density at radius 3 is 2.78 bits per heavy atom. The number of aromatic nitrogens is 5. The van der Waals surface area contributed by atoms with Crippen LogP contribution in [0.2, 0.25) is 0 Å². The van der Waals surface area contributed by atoms with E-state index in [1.165, 1.54) is 0 Å². The van der Waals surface area contributed by atoms with Gasteiger partial charge in [-0.25, -0.2) is 9.97 Å². The smallest absolute Gasteiger partial charge is 0.247 e. The van der Waals surface area contributed by atoms with Crippen LogP contribution in [0.1, 0.15) is 49.7 Å². The quantitative estimate of drug-likeness (QED) is 0.655. The summed E-state index contributed by atoms with van der Waals surface area (Å²) in [5.74, 6) is 1.66. The first-order chi connectivity index (χ1) is 13.3. The molecule has 0 aliphatic carbocycles. The van der Waals surface area contributed by atoms with Gasteiger partial charge in [0.05, 0.1) is 17.7 Å². The highest BCUT2D eigenvalue weighted by Gasteiger charge is 2.30. The number of imidazole rings is 1. The highest BCUT2D eigenvalue weighted by molar-refractivity contribution is 7.07. The van der Waals surface area contributed by atoms with E-state index in [1.807, 2.05) is 42.0 Å². The first-order valence-electron chi connectivity index (χ1n) is 9.42. The van der Waals surface area contributed by atoms with Gasteiger partial charge in [0.25, 0.3) is 0 Å². The van der Waals surface area contributed by atoms with Gasteiger partial charge in [-0.05, 0) is 25.3 Å². The number of hydrogen-bond donors (Lipinski definition) is 0. The Bertz CT molecular complexity index is 849. The van der Waals surface area contributed by atoms with Crippen molar-refractivity contribution in [2.75, 3.05) is 13.1 Å². The fourth-order valence-corrected chi connectivity index (χ4v) is 4.36. The summed E-state index contributed by atoms with van der Waals surface area (Å²) in [5, 5.41) is 6.33. The third kappa shape index (κ3) is 3.80. The summed E-state index contributed by atoms with van der Waals surface area (Å²) in [7, 11) is 0. The average Bonchev–Trinajstić information content (AvgIpc) is 3.46. The van der Waals surface area contributed by atoms with Crippen molar-refractivity contribution in [1.82, 2.24) is 29.2 Å². The molecule has 4 rings (SSSR count). The molecule has 0 radical (unpaired) electrons. The van der Waals surface area contributed by atoms with Gasteiger partial charge in [-0.15, -0.1) is 11.3 Å².